The molecule has 0 aliphatic carbocycles. The van der Waals surface area contributed by atoms with Crippen molar-refractivity contribution in [3.05, 3.63) is 64.5 Å². The number of carbonyl (C=O) groups excluding carboxylic acids is 2. The van der Waals surface area contributed by atoms with Crippen molar-refractivity contribution in [3.8, 4) is 0 Å². The lowest BCUT2D eigenvalue weighted by Gasteiger charge is -2.05. The van der Waals surface area contributed by atoms with Crippen molar-refractivity contribution >= 4 is 38.6 Å². The Morgan fingerprint density at radius 1 is 1.05 bits per heavy atom. The number of benzene rings is 1. The third kappa shape index (κ3) is 2.99. The average Bonchev–Trinajstić information content (AvgIpc) is 2.96. The van der Waals surface area contributed by atoms with Gasteiger partial charge in [-0.05, 0) is 30.3 Å². The first-order valence-electron chi connectivity index (χ1n) is 6.43. The fourth-order valence-corrected chi connectivity index (χ4v) is 2.32. The van der Waals surface area contributed by atoms with Crippen LogP contribution in [0.2, 0.25) is 0 Å². The summed E-state index contributed by atoms with van der Waals surface area (Å²) in [5, 5.41) is 0.907. The van der Waals surface area contributed by atoms with E-state index in [-0.39, 0.29) is 5.69 Å². The molecule has 7 heteroatoms. The van der Waals surface area contributed by atoms with Crippen molar-refractivity contribution in [2.75, 3.05) is 0 Å². The van der Waals surface area contributed by atoms with Gasteiger partial charge in [-0.15, -0.1) is 0 Å². The van der Waals surface area contributed by atoms with Gasteiger partial charge in [-0.25, -0.2) is 0 Å². The van der Waals surface area contributed by atoms with Crippen LogP contribution in [0.1, 0.15) is 21.0 Å². The monoisotopic (exact) mass is 358 g/mol. The van der Waals surface area contributed by atoms with Crippen LogP contribution in [0.3, 0.4) is 0 Å². The smallest absolute Gasteiger partial charge is 0.288 e. The normalized spacial score (nSPS) is 10.4. The molecule has 3 aromatic rings. The van der Waals surface area contributed by atoms with Crippen molar-refractivity contribution in [2.24, 2.45) is 0 Å². The van der Waals surface area contributed by atoms with Crippen LogP contribution >= 0.6 is 15.9 Å². The van der Waals surface area contributed by atoms with Crippen molar-refractivity contribution in [1.82, 2.24) is 20.8 Å². The fourth-order valence-electron chi connectivity index (χ4n) is 1.96. The number of halogens is 1. The SMILES string of the molecule is O=C(NNC(=O)c1cc2ccc(Br)cc2[nH]1)c1ccccn1. The number of aromatic amines is 1. The second-order valence-corrected chi connectivity index (χ2v) is 5.45. The summed E-state index contributed by atoms with van der Waals surface area (Å²) >= 11 is 3.37. The molecule has 0 saturated heterocycles. The Hall–Kier alpha value is -2.67. The van der Waals surface area contributed by atoms with Crippen LogP contribution in [0.5, 0.6) is 0 Å². The van der Waals surface area contributed by atoms with Crippen molar-refractivity contribution in [3.63, 3.8) is 0 Å². The van der Waals surface area contributed by atoms with Crippen LogP contribution < -0.4 is 10.9 Å². The number of fused-ring (bicyclic) bond motifs is 1. The van der Waals surface area contributed by atoms with E-state index in [4.69, 9.17) is 0 Å². The molecule has 22 heavy (non-hydrogen) atoms. The minimum Gasteiger partial charge on any atom is -0.350 e. The molecule has 2 aromatic heterocycles. The number of carbonyl (C=O) groups is 2. The molecule has 0 radical (unpaired) electrons. The van der Waals surface area contributed by atoms with E-state index in [0.717, 1.165) is 15.4 Å². The number of pyridine rings is 1. The maximum Gasteiger partial charge on any atom is 0.288 e. The zero-order valence-electron chi connectivity index (χ0n) is 11.3. The molecule has 110 valence electrons. The van der Waals surface area contributed by atoms with Crippen molar-refractivity contribution < 1.29 is 9.59 Å². The standard InChI is InChI=1S/C15H11BrN4O2/c16-10-5-4-9-7-13(18-12(9)8-10)15(22)20-19-14(21)11-3-1-2-6-17-11/h1-8,18H,(H,19,21)(H,20,22). The molecule has 0 atom stereocenters. The molecular weight excluding hydrogens is 348 g/mol. The number of nitrogens with zero attached hydrogens (tertiary/aromatic N) is 1. The summed E-state index contributed by atoms with van der Waals surface area (Å²) in [4.78, 5) is 30.7. The third-order valence-electron chi connectivity index (χ3n) is 3.02. The number of aromatic nitrogens is 2. The van der Waals surface area contributed by atoms with Gasteiger partial charge >= 0.3 is 0 Å². The summed E-state index contributed by atoms with van der Waals surface area (Å²) in [5.41, 5.74) is 6.08. The highest BCUT2D eigenvalue weighted by Gasteiger charge is 2.12. The number of hydrogen-bond acceptors (Lipinski definition) is 3. The summed E-state index contributed by atoms with van der Waals surface area (Å²) in [6.07, 6.45) is 1.51. The first kappa shape index (κ1) is 14.3. The van der Waals surface area contributed by atoms with Crippen LogP contribution in [-0.2, 0) is 0 Å². The van der Waals surface area contributed by atoms with Crippen LogP contribution in [0, 0.1) is 0 Å². The second kappa shape index (κ2) is 5.98. The maximum absolute atomic E-state index is 12.0. The molecule has 6 nitrogen and oxygen atoms in total. The Kier molecular flexibility index (Phi) is 3.88. The van der Waals surface area contributed by atoms with Gasteiger partial charge in [0.15, 0.2) is 0 Å². The second-order valence-electron chi connectivity index (χ2n) is 4.54. The Balaban J connectivity index is 1.69. The van der Waals surface area contributed by atoms with Crippen LogP contribution in [0.4, 0.5) is 0 Å². The van der Waals surface area contributed by atoms with E-state index in [1.165, 1.54) is 6.20 Å². The van der Waals surface area contributed by atoms with Crippen LogP contribution in [0.25, 0.3) is 10.9 Å². The highest BCUT2D eigenvalue weighted by molar-refractivity contribution is 9.10. The molecular formula is C15H11BrN4O2. The number of hydrogen-bond donors (Lipinski definition) is 3. The van der Waals surface area contributed by atoms with E-state index in [0.29, 0.717) is 5.69 Å². The van der Waals surface area contributed by atoms with Crippen LogP contribution in [-0.4, -0.2) is 21.8 Å². The third-order valence-corrected chi connectivity index (χ3v) is 3.51. The first-order valence-corrected chi connectivity index (χ1v) is 7.23. The summed E-state index contributed by atoms with van der Waals surface area (Å²) in [7, 11) is 0. The van der Waals surface area contributed by atoms with Crippen LogP contribution in [0.15, 0.2) is 53.1 Å². The van der Waals surface area contributed by atoms with E-state index in [1.54, 1.807) is 24.3 Å². The number of H-pyrrole nitrogens is 1. The summed E-state index contributed by atoms with van der Waals surface area (Å²) < 4.78 is 0.914. The molecule has 0 aliphatic rings. The minimum atomic E-state index is -0.479. The van der Waals surface area contributed by atoms with E-state index in [9.17, 15) is 9.59 Å². The topological polar surface area (TPSA) is 86.9 Å². The highest BCUT2D eigenvalue weighted by atomic mass is 79.9. The van der Waals surface area contributed by atoms with Gasteiger partial charge in [0, 0.05) is 21.6 Å². The Bertz CT molecular complexity index is 845. The maximum atomic E-state index is 12.0. The lowest BCUT2D eigenvalue weighted by atomic mass is 10.2. The van der Waals surface area contributed by atoms with Gasteiger partial charge in [-0.1, -0.05) is 28.1 Å². The number of hydrazine groups is 1. The predicted molar refractivity (Wildman–Crippen MR) is 85.2 cm³/mol. The lowest BCUT2D eigenvalue weighted by Crippen LogP contribution is -2.42. The summed E-state index contributed by atoms with van der Waals surface area (Å²) in [6, 6.07) is 12.3. The predicted octanol–water partition coefficient (Wildman–Crippen LogP) is 2.40. The van der Waals surface area contributed by atoms with Gasteiger partial charge in [0.1, 0.15) is 11.4 Å². The van der Waals surface area contributed by atoms with E-state index < -0.39 is 11.8 Å². The summed E-state index contributed by atoms with van der Waals surface area (Å²) in [5.74, 6) is -0.913. The molecule has 2 amide bonds. The molecule has 1 aromatic carbocycles. The molecule has 0 saturated carbocycles. The van der Waals surface area contributed by atoms with E-state index in [1.807, 2.05) is 18.2 Å². The number of amides is 2. The van der Waals surface area contributed by atoms with Gasteiger partial charge in [0.25, 0.3) is 11.8 Å². The van der Waals surface area contributed by atoms with Gasteiger partial charge < -0.3 is 4.98 Å². The molecule has 3 N–H and O–H groups in total. The molecule has 2 heterocycles. The Morgan fingerprint density at radius 3 is 2.64 bits per heavy atom. The van der Waals surface area contributed by atoms with Crippen molar-refractivity contribution in [2.45, 2.75) is 0 Å². The molecule has 0 aliphatic heterocycles. The Morgan fingerprint density at radius 2 is 1.86 bits per heavy atom. The summed E-state index contributed by atoms with van der Waals surface area (Å²) in [6.45, 7) is 0. The van der Waals surface area contributed by atoms with E-state index in [2.05, 4.69) is 36.7 Å². The van der Waals surface area contributed by atoms with E-state index >= 15 is 0 Å². The largest absolute Gasteiger partial charge is 0.350 e. The number of rotatable bonds is 2. The molecule has 0 unspecified atom stereocenters. The number of nitrogens with one attached hydrogen (secondary N) is 3. The van der Waals surface area contributed by atoms with Gasteiger partial charge in [0.2, 0.25) is 0 Å². The molecule has 0 fully saturated rings. The zero-order chi connectivity index (χ0) is 15.5. The Labute approximate surface area is 134 Å². The lowest BCUT2D eigenvalue weighted by molar-refractivity contribution is 0.0842. The average molecular weight is 359 g/mol. The van der Waals surface area contributed by atoms with Gasteiger partial charge in [0.05, 0.1) is 0 Å². The minimum absolute atomic E-state index is 0.225. The quantitative estimate of drug-likeness (QED) is 0.614. The zero-order valence-corrected chi connectivity index (χ0v) is 12.8. The first-order chi connectivity index (χ1) is 10.6. The fraction of sp³-hybridized carbons (Fsp3) is 0. The highest BCUT2D eigenvalue weighted by Crippen LogP contribution is 2.20. The molecule has 0 bridgehead atoms. The molecule has 0 spiro atoms. The van der Waals surface area contributed by atoms with Gasteiger partial charge in [-0.2, -0.15) is 0 Å². The van der Waals surface area contributed by atoms with Crippen molar-refractivity contribution in [1.29, 1.82) is 0 Å². The molecule has 3 rings (SSSR count). The van der Waals surface area contributed by atoms with Gasteiger partial charge in [-0.3, -0.25) is 25.4 Å².